The zero-order valence-corrected chi connectivity index (χ0v) is 37.7. The molecule has 50 heavy (non-hydrogen) atoms. The lowest BCUT2D eigenvalue weighted by Gasteiger charge is -2.36. The Labute approximate surface area is 330 Å². The van der Waals surface area contributed by atoms with E-state index in [4.69, 9.17) is 0 Å². The van der Waals surface area contributed by atoms with Crippen LogP contribution in [0.15, 0.2) is 0 Å². The largest absolute Gasteiger partial charge is 1.00 e. The summed E-state index contributed by atoms with van der Waals surface area (Å²) in [6.07, 6.45) is 58.5. The first-order chi connectivity index (χ1) is 24.1. The van der Waals surface area contributed by atoms with Gasteiger partial charge in [0.1, 0.15) is 0 Å². The van der Waals surface area contributed by atoms with Crippen molar-refractivity contribution in [3.8, 4) is 0 Å². The fourth-order valence-corrected chi connectivity index (χ4v) is 8.28. The molecule has 0 aromatic rings. The van der Waals surface area contributed by atoms with Crippen molar-refractivity contribution in [2.24, 2.45) is 0 Å². The molecule has 0 saturated carbocycles. The van der Waals surface area contributed by atoms with Crippen LogP contribution in [0.1, 0.15) is 291 Å². The Bertz CT molecular complexity index is 553. The molecule has 0 saturated heterocycles. The second kappa shape index (κ2) is 43.8. The third kappa shape index (κ3) is 39.6. The lowest BCUT2D eigenvalue weighted by atomic mass is 9.93. The zero-order chi connectivity index (χ0) is 35.8. The van der Waals surface area contributed by atoms with E-state index in [-0.39, 0.29) is 17.0 Å². The van der Waals surface area contributed by atoms with E-state index >= 15 is 0 Å². The highest BCUT2D eigenvalue weighted by molar-refractivity contribution is 4.67. The first-order valence-electron chi connectivity index (χ1n) is 23.9. The molecule has 0 aliphatic rings. The molecule has 304 valence electrons. The van der Waals surface area contributed by atoms with Crippen LogP contribution in [0, 0.1) is 0 Å². The maximum Gasteiger partial charge on any atom is 0.0920 e. The number of nitrogens with one attached hydrogen (secondary N) is 1. The van der Waals surface area contributed by atoms with Crippen molar-refractivity contribution in [3.05, 3.63) is 0 Å². The molecule has 0 amide bonds. The van der Waals surface area contributed by atoms with Gasteiger partial charge in [0.05, 0.1) is 18.6 Å². The molecule has 0 spiro atoms. The summed E-state index contributed by atoms with van der Waals surface area (Å²) >= 11 is 0. The Morgan fingerprint density at radius 3 is 0.660 bits per heavy atom. The average molecular weight is 771 g/mol. The standard InChI is InChI=1S/C48H99N.BrH/c1-6-9-12-15-18-20-22-24-26-28-30-32-34-37-40-43-46-49(48(4,5)45-42-39-36-17-14-11-8-3)47-44-41-38-35-33-31-29-27-25-23-21-19-16-13-10-7-2;/h6-47H2,1-5H3;1H. The van der Waals surface area contributed by atoms with Crippen LogP contribution in [-0.2, 0) is 0 Å². The Morgan fingerprint density at radius 2 is 0.440 bits per heavy atom. The summed E-state index contributed by atoms with van der Waals surface area (Å²) in [6.45, 7) is 15.0. The summed E-state index contributed by atoms with van der Waals surface area (Å²) in [5.74, 6) is 0. The maximum atomic E-state index is 2.61. The van der Waals surface area contributed by atoms with Gasteiger partial charge in [-0.3, -0.25) is 0 Å². The van der Waals surface area contributed by atoms with Gasteiger partial charge in [-0.2, -0.15) is 0 Å². The molecule has 0 heterocycles. The number of unbranched alkanes of at least 4 members (excludes halogenated alkanes) is 36. The van der Waals surface area contributed by atoms with Crippen LogP contribution in [0.3, 0.4) is 0 Å². The Hall–Kier alpha value is 0.440. The molecule has 0 fully saturated rings. The maximum absolute atomic E-state index is 2.61. The molecule has 2 heteroatoms. The van der Waals surface area contributed by atoms with E-state index in [9.17, 15) is 0 Å². The second-order valence-corrected chi connectivity index (χ2v) is 17.5. The molecule has 0 radical (unpaired) electrons. The van der Waals surface area contributed by atoms with Crippen molar-refractivity contribution >= 4 is 0 Å². The summed E-state index contributed by atoms with van der Waals surface area (Å²) in [5.41, 5.74) is 0.453. The molecule has 0 atom stereocenters. The predicted octanol–water partition coefficient (Wildman–Crippen LogP) is 13.3. The lowest BCUT2D eigenvalue weighted by molar-refractivity contribution is -0.949. The van der Waals surface area contributed by atoms with E-state index in [1.807, 2.05) is 4.90 Å². The minimum atomic E-state index is 0. The quantitative estimate of drug-likeness (QED) is 0.0589. The molecule has 1 nitrogen and oxygen atoms in total. The predicted molar refractivity (Wildman–Crippen MR) is 226 cm³/mol. The lowest BCUT2D eigenvalue weighted by Crippen LogP contribution is -3.19. The van der Waals surface area contributed by atoms with Gasteiger partial charge in [-0.25, -0.2) is 0 Å². The SMILES string of the molecule is CCCCCCCCCCCCCCCCCC[NH+](CCCCCCCCCCCCCCCCCC)C(C)(C)CCCCCCCCC.[Br-]. The molecular formula is C48H100BrN. The molecular weight excluding hydrogens is 670 g/mol. The van der Waals surface area contributed by atoms with Gasteiger partial charge in [-0.1, -0.05) is 239 Å². The van der Waals surface area contributed by atoms with Crippen molar-refractivity contribution < 1.29 is 21.9 Å². The van der Waals surface area contributed by atoms with Crippen molar-refractivity contribution in [2.45, 2.75) is 297 Å². The van der Waals surface area contributed by atoms with Crippen LogP contribution < -0.4 is 21.9 Å². The van der Waals surface area contributed by atoms with Crippen LogP contribution in [0.2, 0.25) is 0 Å². The third-order valence-electron chi connectivity index (χ3n) is 12.0. The molecule has 0 aromatic carbocycles. The second-order valence-electron chi connectivity index (χ2n) is 17.5. The number of hydrogen-bond acceptors (Lipinski definition) is 0. The van der Waals surface area contributed by atoms with Crippen molar-refractivity contribution in [3.63, 3.8) is 0 Å². The normalized spacial score (nSPS) is 11.9. The van der Waals surface area contributed by atoms with Crippen molar-refractivity contribution in [1.82, 2.24) is 0 Å². The molecule has 0 aliphatic heterocycles. The molecule has 0 aromatic heterocycles. The smallest absolute Gasteiger partial charge is 0.0920 e. The van der Waals surface area contributed by atoms with E-state index < -0.39 is 0 Å². The Morgan fingerprint density at radius 1 is 0.260 bits per heavy atom. The number of quaternary nitrogens is 1. The van der Waals surface area contributed by atoms with Gasteiger partial charge >= 0.3 is 0 Å². The number of halogens is 1. The van der Waals surface area contributed by atoms with Gasteiger partial charge in [0.2, 0.25) is 0 Å². The van der Waals surface area contributed by atoms with Gasteiger partial charge < -0.3 is 21.9 Å². The van der Waals surface area contributed by atoms with E-state index in [0.717, 1.165) is 0 Å². The summed E-state index contributed by atoms with van der Waals surface area (Å²) < 4.78 is 0. The summed E-state index contributed by atoms with van der Waals surface area (Å²) in [7, 11) is 0. The molecule has 1 N–H and O–H groups in total. The first kappa shape index (κ1) is 52.5. The summed E-state index contributed by atoms with van der Waals surface area (Å²) in [4.78, 5) is 1.94. The van der Waals surface area contributed by atoms with E-state index in [1.165, 1.54) is 270 Å². The highest BCUT2D eigenvalue weighted by Crippen LogP contribution is 2.17. The fraction of sp³-hybridized carbons (Fsp3) is 1.00. The van der Waals surface area contributed by atoms with Crippen LogP contribution in [0.25, 0.3) is 0 Å². The monoisotopic (exact) mass is 770 g/mol. The van der Waals surface area contributed by atoms with Gasteiger partial charge in [-0.15, -0.1) is 0 Å². The van der Waals surface area contributed by atoms with E-state index in [1.54, 1.807) is 0 Å². The topological polar surface area (TPSA) is 4.44 Å². The van der Waals surface area contributed by atoms with E-state index in [2.05, 4.69) is 34.6 Å². The first-order valence-corrected chi connectivity index (χ1v) is 23.9. The zero-order valence-electron chi connectivity index (χ0n) is 36.1. The highest BCUT2D eigenvalue weighted by atomic mass is 79.9. The van der Waals surface area contributed by atoms with E-state index in [0.29, 0.717) is 5.54 Å². The van der Waals surface area contributed by atoms with Crippen LogP contribution in [0.5, 0.6) is 0 Å². The Balaban J connectivity index is 0. The fourth-order valence-electron chi connectivity index (χ4n) is 8.28. The molecule has 0 aliphatic carbocycles. The average Bonchev–Trinajstić information content (AvgIpc) is 3.09. The Kier molecular flexibility index (Phi) is 46.1. The number of rotatable bonds is 43. The molecule has 0 unspecified atom stereocenters. The molecule has 0 bridgehead atoms. The molecule has 0 rings (SSSR count). The minimum Gasteiger partial charge on any atom is -1.00 e. The van der Waals surface area contributed by atoms with Crippen LogP contribution in [-0.4, -0.2) is 18.6 Å². The van der Waals surface area contributed by atoms with Gasteiger partial charge in [0.25, 0.3) is 0 Å². The number of hydrogen-bond donors (Lipinski definition) is 1. The van der Waals surface area contributed by atoms with Crippen LogP contribution in [0.4, 0.5) is 0 Å². The highest BCUT2D eigenvalue weighted by Gasteiger charge is 2.29. The summed E-state index contributed by atoms with van der Waals surface area (Å²) in [6, 6.07) is 0. The third-order valence-corrected chi connectivity index (χ3v) is 12.0. The van der Waals surface area contributed by atoms with Crippen LogP contribution >= 0.6 is 0 Å². The van der Waals surface area contributed by atoms with Gasteiger partial charge in [-0.05, 0) is 46.0 Å². The van der Waals surface area contributed by atoms with Crippen molar-refractivity contribution in [2.75, 3.05) is 13.1 Å². The minimum absolute atomic E-state index is 0. The summed E-state index contributed by atoms with van der Waals surface area (Å²) in [5, 5.41) is 0. The van der Waals surface area contributed by atoms with Crippen molar-refractivity contribution in [1.29, 1.82) is 0 Å². The van der Waals surface area contributed by atoms with Gasteiger partial charge in [0, 0.05) is 6.42 Å². The van der Waals surface area contributed by atoms with Gasteiger partial charge in [0.15, 0.2) is 0 Å².